The molecule has 3 heteroatoms. The SMILES string of the molecule is CNCCCCN1CCCNCC1. The largest absolute Gasteiger partial charge is 0.320 e. The maximum Gasteiger partial charge on any atom is 0.0107 e. The summed E-state index contributed by atoms with van der Waals surface area (Å²) < 4.78 is 0. The highest BCUT2D eigenvalue weighted by atomic mass is 15.1. The molecule has 0 aromatic carbocycles. The first-order chi connectivity index (χ1) is 6.43. The number of nitrogens with one attached hydrogen (secondary N) is 2. The minimum Gasteiger partial charge on any atom is -0.320 e. The third kappa shape index (κ3) is 5.24. The molecule has 0 saturated carbocycles. The van der Waals surface area contributed by atoms with Crippen molar-refractivity contribution in [2.75, 3.05) is 46.3 Å². The molecule has 3 nitrogen and oxygen atoms in total. The Balaban J connectivity index is 1.98. The predicted octanol–water partition coefficient (Wildman–Crippen LogP) is 0.281. The van der Waals surface area contributed by atoms with E-state index in [1.807, 2.05) is 7.05 Å². The molecular formula is C10H23N3. The van der Waals surface area contributed by atoms with Crippen molar-refractivity contribution in [3.63, 3.8) is 0 Å². The van der Waals surface area contributed by atoms with Crippen molar-refractivity contribution in [1.82, 2.24) is 15.5 Å². The van der Waals surface area contributed by atoms with E-state index in [-0.39, 0.29) is 0 Å². The molecule has 78 valence electrons. The standard InChI is InChI=1S/C10H23N3/c1-11-5-2-3-8-13-9-4-6-12-7-10-13/h11-12H,2-10H2,1H3. The van der Waals surface area contributed by atoms with Crippen LogP contribution in [0.15, 0.2) is 0 Å². The highest BCUT2D eigenvalue weighted by molar-refractivity contribution is 4.65. The first kappa shape index (κ1) is 11.0. The number of hydrogen-bond acceptors (Lipinski definition) is 3. The molecule has 1 fully saturated rings. The molecule has 0 unspecified atom stereocenters. The Hall–Kier alpha value is -0.120. The van der Waals surface area contributed by atoms with Crippen molar-refractivity contribution in [3.8, 4) is 0 Å². The highest BCUT2D eigenvalue weighted by Gasteiger charge is 2.06. The Morgan fingerprint density at radius 1 is 1.23 bits per heavy atom. The molecule has 1 saturated heterocycles. The minimum absolute atomic E-state index is 1.16. The molecule has 1 aliphatic rings. The topological polar surface area (TPSA) is 27.3 Å². The molecule has 1 rings (SSSR count). The van der Waals surface area contributed by atoms with Crippen LogP contribution in [0.2, 0.25) is 0 Å². The van der Waals surface area contributed by atoms with E-state index in [0.717, 1.165) is 6.54 Å². The fourth-order valence-corrected chi connectivity index (χ4v) is 1.76. The second kappa shape index (κ2) is 7.30. The summed E-state index contributed by atoms with van der Waals surface area (Å²) in [5.41, 5.74) is 0. The molecule has 0 aromatic heterocycles. The Kier molecular flexibility index (Phi) is 6.15. The molecule has 1 heterocycles. The quantitative estimate of drug-likeness (QED) is 0.603. The van der Waals surface area contributed by atoms with E-state index < -0.39 is 0 Å². The predicted molar refractivity (Wildman–Crippen MR) is 57.1 cm³/mol. The van der Waals surface area contributed by atoms with Crippen LogP contribution in [-0.2, 0) is 0 Å². The van der Waals surface area contributed by atoms with Gasteiger partial charge in [0.05, 0.1) is 0 Å². The Bertz CT molecular complexity index is 109. The van der Waals surface area contributed by atoms with Gasteiger partial charge in [-0.15, -0.1) is 0 Å². The molecule has 0 bridgehead atoms. The molecule has 0 aliphatic carbocycles. The third-order valence-electron chi connectivity index (χ3n) is 2.58. The van der Waals surface area contributed by atoms with Gasteiger partial charge in [0, 0.05) is 13.1 Å². The van der Waals surface area contributed by atoms with Crippen molar-refractivity contribution in [2.45, 2.75) is 19.3 Å². The van der Waals surface area contributed by atoms with Crippen LogP contribution in [-0.4, -0.2) is 51.2 Å². The van der Waals surface area contributed by atoms with E-state index in [1.165, 1.54) is 52.0 Å². The van der Waals surface area contributed by atoms with Gasteiger partial charge >= 0.3 is 0 Å². The molecule has 0 radical (unpaired) electrons. The summed E-state index contributed by atoms with van der Waals surface area (Å²) >= 11 is 0. The average Bonchev–Trinajstić information content (AvgIpc) is 2.41. The van der Waals surface area contributed by atoms with Gasteiger partial charge in [-0.2, -0.15) is 0 Å². The van der Waals surface area contributed by atoms with Crippen LogP contribution < -0.4 is 10.6 Å². The third-order valence-corrected chi connectivity index (χ3v) is 2.58. The lowest BCUT2D eigenvalue weighted by Crippen LogP contribution is -2.29. The van der Waals surface area contributed by atoms with E-state index in [1.54, 1.807) is 0 Å². The van der Waals surface area contributed by atoms with Gasteiger partial charge in [0.2, 0.25) is 0 Å². The van der Waals surface area contributed by atoms with Crippen molar-refractivity contribution < 1.29 is 0 Å². The lowest BCUT2D eigenvalue weighted by molar-refractivity contribution is 0.286. The lowest BCUT2D eigenvalue weighted by Gasteiger charge is -2.18. The summed E-state index contributed by atoms with van der Waals surface area (Å²) in [6.07, 6.45) is 3.95. The summed E-state index contributed by atoms with van der Waals surface area (Å²) in [5.74, 6) is 0. The zero-order valence-corrected chi connectivity index (χ0v) is 8.81. The van der Waals surface area contributed by atoms with Crippen molar-refractivity contribution in [3.05, 3.63) is 0 Å². The van der Waals surface area contributed by atoms with Gasteiger partial charge in [-0.3, -0.25) is 0 Å². The highest BCUT2D eigenvalue weighted by Crippen LogP contribution is 1.98. The smallest absolute Gasteiger partial charge is 0.0107 e. The molecule has 0 spiro atoms. The van der Waals surface area contributed by atoms with Gasteiger partial charge in [-0.05, 0) is 52.5 Å². The Morgan fingerprint density at radius 3 is 3.00 bits per heavy atom. The average molecular weight is 185 g/mol. The van der Waals surface area contributed by atoms with E-state index in [4.69, 9.17) is 0 Å². The second-order valence-corrected chi connectivity index (χ2v) is 3.76. The van der Waals surface area contributed by atoms with Crippen LogP contribution in [0.4, 0.5) is 0 Å². The number of rotatable bonds is 5. The monoisotopic (exact) mass is 185 g/mol. The maximum absolute atomic E-state index is 3.42. The fourth-order valence-electron chi connectivity index (χ4n) is 1.76. The van der Waals surface area contributed by atoms with E-state index in [2.05, 4.69) is 15.5 Å². The molecule has 0 aromatic rings. The Morgan fingerprint density at radius 2 is 2.15 bits per heavy atom. The first-order valence-corrected chi connectivity index (χ1v) is 5.51. The zero-order chi connectivity index (χ0) is 9.36. The molecule has 13 heavy (non-hydrogen) atoms. The molecule has 0 amide bonds. The van der Waals surface area contributed by atoms with Gasteiger partial charge in [-0.1, -0.05) is 0 Å². The molecule has 0 atom stereocenters. The number of hydrogen-bond donors (Lipinski definition) is 2. The van der Waals surface area contributed by atoms with Gasteiger partial charge in [0.1, 0.15) is 0 Å². The lowest BCUT2D eigenvalue weighted by atomic mass is 10.3. The first-order valence-electron chi connectivity index (χ1n) is 5.51. The normalized spacial score (nSPS) is 20.1. The van der Waals surface area contributed by atoms with E-state index >= 15 is 0 Å². The van der Waals surface area contributed by atoms with Gasteiger partial charge in [-0.25, -0.2) is 0 Å². The van der Waals surface area contributed by atoms with Crippen LogP contribution in [0.25, 0.3) is 0 Å². The molecule has 1 aliphatic heterocycles. The summed E-state index contributed by atoms with van der Waals surface area (Å²) in [5, 5.41) is 6.61. The maximum atomic E-state index is 3.42. The van der Waals surface area contributed by atoms with E-state index in [0.29, 0.717) is 0 Å². The molecule has 2 N–H and O–H groups in total. The summed E-state index contributed by atoms with van der Waals surface area (Å²) in [4.78, 5) is 2.58. The second-order valence-electron chi connectivity index (χ2n) is 3.76. The Labute approximate surface area is 81.9 Å². The van der Waals surface area contributed by atoms with E-state index in [9.17, 15) is 0 Å². The zero-order valence-electron chi connectivity index (χ0n) is 8.81. The van der Waals surface area contributed by atoms with Crippen molar-refractivity contribution in [2.24, 2.45) is 0 Å². The van der Waals surface area contributed by atoms with Crippen molar-refractivity contribution >= 4 is 0 Å². The molecular weight excluding hydrogens is 162 g/mol. The van der Waals surface area contributed by atoms with Crippen molar-refractivity contribution in [1.29, 1.82) is 0 Å². The van der Waals surface area contributed by atoms with Gasteiger partial charge in [0.25, 0.3) is 0 Å². The summed E-state index contributed by atoms with van der Waals surface area (Å²) in [6, 6.07) is 0. The van der Waals surface area contributed by atoms with Crippen LogP contribution >= 0.6 is 0 Å². The van der Waals surface area contributed by atoms with Gasteiger partial charge < -0.3 is 15.5 Å². The van der Waals surface area contributed by atoms with Gasteiger partial charge in [0.15, 0.2) is 0 Å². The summed E-state index contributed by atoms with van der Waals surface area (Å²) in [6.45, 7) is 7.33. The number of unbranched alkanes of at least 4 members (excludes halogenated alkanes) is 1. The van der Waals surface area contributed by atoms with Crippen LogP contribution in [0.3, 0.4) is 0 Å². The minimum atomic E-state index is 1.16. The van der Waals surface area contributed by atoms with Crippen LogP contribution in [0.5, 0.6) is 0 Å². The van der Waals surface area contributed by atoms with Crippen LogP contribution in [0.1, 0.15) is 19.3 Å². The summed E-state index contributed by atoms with van der Waals surface area (Å²) in [7, 11) is 2.02. The van der Waals surface area contributed by atoms with Crippen LogP contribution in [0, 0.1) is 0 Å². The fraction of sp³-hybridized carbons (Fsp3) is 1.00. The number of nitrogens with zero attached hydrogens (tertiary/aromatic N) is 1.